The molecular formula is C2H5BCl3Li. The van der Waals surface area contributed by atoms with Crippen molar-refractivity contribution in [2.75, 3.05) is 0 Å². The fourth-order valence-corrected chi connectivity index (χ4v) is 0. The molecule has 0 aliphatic carbocycles. The van der Waals surface area contributed by atoms with Crippen molar-refractivity contribution in [3.8, 4) is 0 Å². The molecule has 0 radical (unpaired) electrons. The van der Waals surface area contributed by atoms with Crippen LogP contribution in [0.15, 0.2) is 0 Å². The molecule has 0 aromatic rings. The maximum atomic E-state index is 5.31. The van der Waals surface area contributed by atoms with Gasteiger partial charge in [-0.15, -0.1) is 6.32 Å². The van der Waals surface area contributed by atoms with Crippen LogP contribution in [0, 0.1) is 0 Å². The third-order valence-corrected chi connectivity index (χ3v) is 1.39. The summed E-state index contributed by atoms with van der Waals surface area (Å²) in [7, 11) is 0. The predicted octanol–water partition coefficient (Wildman–Crippen LogP) is -0.334. The molecule has 0 fully saturated rings. The molecule has 0 unspecified atom stereocenters. The molecule has 0 rings (SSSR count). The van der Waals surface area contributed by atoms with E-state index in [1.165, 1.54) is 0 Å². The van der Waals surface area contributed by atoms with E-state index in [1.807, 2.05) is 6.92 Å². The molecule has 0 saturated carbocycles. The standard InChI is InChI=1S/C2H5BCl3.Li/c1-2-3(4,5)6;/h2H2,1H3;/q-1;+1. The Morgan fingerprint density at radius 2 is 1.43 bits per heavy atom. The summed E-state index contributed by atoms with van der Waals surface area (Å²) >= 11 is 15.9. The Labute approximate surface area is 70.7 Å². The molecule has 0 aliphatic rings. The van der Waals surface area contributed by atoms with Crippen LogP contribution in [0.4, 0.5) is 0 Å². The van der Waals surface area contributed by atoms with Gasteiger partial charge in [-0.2, -0.15) is 0 Å². The predicted molar refractivity (Wildman–Crippen MR) is 33.8 cm³/mol. The molecule has 0 N–H and O–H groups in total. The van der Waals surface area contributed by atoms with Gasteiger partial charge in [0.15, 0.2) is 0 Å². The van der Waals surface area contributed by atoms with Gasteiger partial charge >= 0.3 is 18.9 Å². The second-order valence-corrected chi connectivity index (χ2v) is 4.02. The van der Waals surface area contributed by atoms with E-state index >= 15 is 0 Å². The van der Waals surface area contributed by atoms with Crippen molar-refractivity contribution in [2.45, 2.75) is 13.2 Å². The molecule has 38 valence electrons. The maximum absolute atomic E-state index is 5.31. The van der Waals surface area contributed by atoms with Crippen LogP contribution in [0.25, 0.3) is 0 Å². The van der Waals surface area contributed by atoms with Crippen molar-refractivity contribution in [3.05, 3.63) is 0 Å². The number of hydrogen-bond donors (Lipinski definition) is 0. The van der Waals surface area contributed by atoms with Crippen LogP contribution < -0.4 is 18.9 Å². The van der Waals surface area contributed by atoms with E-state index < -0.39 is 4.39 Å². The van der Waals surface area contributed by atoms with Gasteiger partial charge in [-0.05, 0) is 0 Å². The Morgan fingerprint density at radius 3 is 1.43 bits per heavy atom. The zero-order valence-corrected chi connectivity index (χ0v) is 6.69. The molecule has 0 nitrogen and oxygen atoms in total. The van der Waals surface area contributed by atoms with E-state index in [4.69, 9.17) is 34.4 Å². The summed E-state index contributed by atoms with van der Waals surface area (Å²) in [6.07, 6.45) is 0.630. The fourth-order valence-electron chi connectivity index (χ4n) is 0. The van der Waals surface area contributed by atoms with Gasteiger partial charge in [-0.1, -0.05) is 6.92 Å². The van der Waals surface area contributed by atoms with Crippen molar-refractivity contribution in [2.24, 2.45) is 0 Å². The third kappa shape index (κ3) is 11.2. The molecule has 0 aromatic heterocycles. The molecule has 0 spiro atoms. The molecule has 0 bridgehead atoms. The molecular weight excluding hydrogens is 148 g/mol. The van der Waals surface area contributed by atoms with Crippen LogP contribution in [-0.4, -0.2) is 4.39 Å². The van der Waals surface area contributed by atoms with Gasteiger partial charge in [0.05, 0.1) is 0 Å². The van der Waals surface area contributed by atoms with Crippen LogP contribution >= 0.6 is 34.4 Å². The van der Waals surface area contributed by atoms with E-state index in [2.05, 4.69) is 0 Å². The fraction of sp³-hybridized carbons (Fsp3) is 1.00. The van der Waals surface area contributed by atoms with Crippen molar-refractivity contribution >= 4 is 38.8 Å². The Hall–Kier alpha value is 1.53. The summed E-state index contributed by atoms with van der Waals surface area (Å²) < 4.78 is -1.57. The van der Waals surface area contributed by atoms with Crippen molar-refractivity contribution in [3.63, 3.8) is 0 Å². The van der Waals surface area contributed by atoms with Gasteiger partial charge in [0.1, 0.15) is 0 Å². The average molecular weight is 153 g/mol. The summed E-state index contributed by atoms with van der Waals surface area (Å²) in [5, 5.41) is 0. The zero-order chi connectivity index (χ0) is 5.21. The molecule has 0 atom stereocenters. The van der Waals surface area contributed by atoms with Gasteiger partial charge < -0.3 is 34.4 Å². The van der Waals surface area contributed by atoms with E-state index in [0.717, 1.165) is 0 Å². The summed E-state index contributed by atoms with van der Waals surface area (Å²) in [4.78, 5) is 0. The SMILES string of the molecule is CC[B-](Cl)(Cl)Cl.[Li+]. The quantitative estimate of drug-likeness (QED) is 0.452. The summed E-state index contributed by atoms with van der Waals surface area (Å²) in [5.74, 6) is 0. The largest absolute Gasteiger partial charge is 1.00 e. The first-order chi connectivity index (χ1) is 2.56. The van der Waals surface area contributed by atoms with Crippen LogP contribution in [0.3, 0.4) is 0 Å². The summed E-state index contributed by atoms with van der Waals surface area (Å²) in [5.41, 5.74) is 0. The van der Waals surface area contributed by atoms with Gasteiger partial charge in [0.25, 0.3) is 0 Å². The van der Waals surface area contributed by atoms with Gasteiger partial charge in [0, 0.05) is 0 Å². The van der Waals surface area contributed by atoms with Gasteiger partial charge in [-0.25, -0.2) is 0 Å². The van der Waals surface area contributed by atoms with E-state index in [-0.39, 0.29) is 18.9 Å². The molecule has 0 aliphatic heterocycles. The first-order valence-corrected chi connectivity index (χ1v) is 3.08. The molecule has 5 heteroatoms. The minimum absolute atomic E-state index is 0. The van der Waals surface area contributed by atoms with Crippen LogP contribution in [0.5, 0.6) is 0 Å². The van der Waals surface area contributed by atoms with E-state index in [9.17, 15) is 0 Å². The average Bonchev–Trinajstić information content (AvgIpc) is 1.35. The second kappa shape index (κ2) is 4.42. The Kier molecular flexibility index (Phi) is 7.16. The van der Waals surface area contributed by atoms with Crippen LogP contribution in [0.2, 0.25) is 6.32 Å². The molecule has 0 saturated heterocycles. The van der Waals surface area contributed by atoms with Crippen molar-refractivity contribution in [1.29, 1.82) is 0 Å². The first kappa shape index (κ1) is 11.3. The van der Waals surface area contributed by atoms with Crippen LogP contribution in [0.1, 0.15) is 6.92 Å². The molecule has 0 aromatic carbocycles. The van der Waals surface area contributed by atoms with Crippen molar-refractivity contribution < 1.29 is 18.9 Å². The number of hydrogen-bond acceptors (Lipinski definition) is 0. The van der Waals surface area contributed by atoms with Crippen LogP contribution in [-0.2, 0) is 0 Å². The molecule has 0 heterocycles. The molecule has 0 amide bonds. The minimum atomic E-state index is -1.57. The summed E-state index contributed by atoms with van der Waals surface area (Å²) in [6.45, 7) is 1.84. The monoisotopic (exact) mass is 152 g/mol. The Morgan fingerprint density at radius 1 is 1.29 bits per heavy atom. The number of rotatable bonds is 1. The van der Waals surface area contributed by atoms with E-state index in [1.54, 1.807) is 0 Å². The third-order valence-electron chi connectivity index (χ3n) is 0.463. The van der Waals surface area contributed by atoms with Gasteiger partial charge in [0.2, 0.25) is 4.39 Å². The first-order valence-electron chi connectivity index (χ1n) is 1.77. The van der Waals surface area contributed by atoms with E-state index in [0.29, 0.717) is 6.32 Å². The normalized spacial score (nSPS) is 10.3. The van der Waals surface area contributed by atoms with Gasteiger partial charge in [-0.3, -0.25) is 0 Å². The maximum Gasteiger partial charge on any atom is 1.00 e. The summed E-state index contributed by atoms with van der Waals surface area (Å²) in [6, 6.07) is 0. The zero-order valence-electron chi connectivity index (χ0n) is 4.42. The Balaban J connectivity index is 0. The smallest absolute Gasteiger partial charge is 0.349 e. The number of halogens is 3. The van der Waals surface area contributed by atoms with Crippen molar-refractivity contribution in [1.82, 2.24) is 0 Å². The topological polar surface area (TPSA) is 0 Å². The Bertz CT molecular complexity index is 42.7. The second-order valence-electron chi connectivity index (χ2n) is 1.12. The molecule has 7 heavy (non-hydrogen) atoms. The minimum Gasteiger partial charge on any atom is -0.349 e.